The van der Waals surface area contributed by atoms with Crippen LogP contribution < -0.4 is 4.74 Å². The molecule has 0 unspecified atom stereocenters. The Balaban J connectivity index is 1.40. The second kappa shape index (κ2) is 7.88. The molecule has 0 atom stereocenters. The summed E-state index contributed by atoms with van der Waals surface area (Å²) in [6.45, 7) is 4.39. The highest BCUT2D eigenvalue weighted by Crippen LogP contribution is 2.12. The van der Waals surface area contributed by atoms with E-state index in [-0.39, 0.29) is 11.7 Å². The van der Waals surface area contributed by atoms with Gasteiger partial charge in [-0.05, 0) is 36.4 Å². The van der Waals surface area contributed by atoms with E-state index >= 15 is 0 Å². The first-order valence-electron chi connectivity index (χ1n) is 8.02. The zero-order valence-corrected chi connectivity index (χ0v) is 13.4. The topological polar surface area (TPSA) is 45.7 Å². The van der Waals surface area contributed by atoms with E-state index < -0.39 is 0 Å². The summed E-state index contributed by atoms with van der Waals surface area (Å²) in [5.74, 6) is 0.458. The van der Waals surface area contributed by atoms with Crippen LogP contribution in [-0.2, 0) is 0 Å². The van der Waals surface area contributed by atoms with E-state index in [0.29, 0.717) is 31.0 Å². The summed E-state index contributed by atoms with van der Waals surface area (Å²) in [7, 11) is 0. The number of hydrogen-bond acceptors (Lipinski definition) is 4. The molecule has 1 aromatic heterocycles. The van der Waals surface area contributed by atoms with Crippen molar-refractivity contribution in [2.75, 3.05) is 39.3 Å². The van der Waals surface area contributed by atoms with Crippen molar-refractivity contribution in [1.82, 2.24) is 14.8 Å². The Hall–Kier alpha value is -2.47. The van der Waals surface area contributed by atoms with Crippen LogP contribution >= 0.6 is 0 Å². The Morgan fingerprint density at radius 1 is 1.04 bits per heavy atom. The zero-order valence-electron chi connectivity index (χ0n) is 13.4. The summed E-state index contributed by atoms with van der Waals surface area (Å²) in [5, 5.41) is 0. The van der Waals surface area contributed by atoms with E-state index in [1.165, 1.54) is 12.1 Å². The molecule has 0 N–H and O–H groups in total. The second-order valence-electron chi connectivity index (χ2n) is 5.67. The first-order chi connectivity index (χ1) is 11.7. The summed E-state index contributed by atoms with van der Waals surface area (Å²) in [6.07, 6.45) is 3.27. The molecule has 0 bridgehead atoms. The number of aromatic nitrogens is 1. The molecule has 126 valence electrons. The Morgan fingerprint density at radius 3 is 2.38 bits per heavy atom. The summed E-state index contributed by atoms with van der Waals surface area (Å²) >= 11 is 0. The van der Waals surface area contributed by atoms with Gasteiger partial charge in [-0.15, -0.1) is 0 Å². The number of ether oxygens (including phenoxy) is 1. The quantitative estimate of drug-likeness (QED) is 0.842. The normalized spacial score (nSPS) is 15.3. The molecule has 1 fully saturated rings. The number of benzene rings is 1. The van der Waals surface area contributed by atoms with Crippen LogP contribution in [0.2, 0.25) is 0 Å². The van der Waals surface area contributed by atoms with E-state index in [1.54, 1.807) is 36.7 Å². The van der Waals surface area contributed by atoms with Crippen molar-refractivity contribution in [2.45, 2.75) is 0 Å². The Morgan fingerprint density at radius 2 is 1.71 bits per heavy atom. The predicted octanol–water partition coefficient (Wildman–Crippen LogP) is 2.06. The number of hydrogen-bond donors (Lipinski definition) is 0. The SMILES string of the molecule is O=C(c1ccncc1)N1CCN(CCOc2ccc(F)cc2)CC1. The lowest BCUT2D eigenvalue weighted by atomic mass is 10.2. The molecule has 3 rings (SSSR count). The number of rotatable bonds is 5. The third-order valence-electron chi connectivity index (χ3n) is 4.08. The van der Waals surface area contributed by atoms with Crippen LogP contribution in [0.1, 0.15) is 10.4 Å². The highest BCUT2D eigenvalue weighted by atomic mass is 19.1. The first kappa shape index (κ1) is 16.4. The van der Waals surface area contributed by atoms with E-state index in [1.807, 2.05) is 4.90 Å². The molecule has 1 aliphatic rings. The molecule has 0 aliphatic carbocycles. The van der Waals surface area contributed by atoms with Crippen LogP contribution in [0.3, 0.4) is 0 Å². The third kappa shape index (κ3) is 4.29. The largest absolute Gasteiger partial charge is 0.492 e. The number of carbonyl (C=O) groups excluding carboxylic acids is 1. The molecule has 0 spiro atoms. The average molecular weight is 329 g/mol. The van der Waals surface area contributed by atoms with E-state index in [2.05, 4.69) is 9.88 Å². The van der Waals surface area contributed by atoms with Gasteiger partial charge in [0.1, 0.15) is 18.2 Å². The third-order valence-corrected chi connectivity index (χ3v) is 4.08. The van der Waals surface area contributed by atoms with Gasteiger partial charge in [0.15, 0.2) is 0 Å². The summed E-state index contributed by atoms with van der Waals surface area (Å²) in [6, 6.07) is 9.51. The van der Waals surface area contributed by atoms with Crippen molar-refractivity contribution < 1.29 is 13.9 Å². The van der Waals surface area contributed by atoms with Gasteiger partial charge < -0.3 is 9.64 Å². The molecule has 24 heavy (non-hydrogen) atoms. The molecule has 6 heteroatoms. The monoisotopic (exact) mass is 329 g/mol. The number of nitrogens with zero attached hydrogens (tertiary/aromatic N) is 3. The Labute approximate surface area is 140 Å². The van der Waals surface area contributed by atoms with Crippen molar-refractivity contribution >= 4 is 5.91 Å². The number of amides is 1. The minimum absolute atomic E-state index is 0.0552. The smallest absolute Gasteiger partial charge is 0.254 e. The minimum Gasteiger partial charge on any atom is -0.492 e. The fourth-order valence-electron chi connectivity index (χ4n) is 2.68. The van der Waals surface area contributed by atoms with Gasteiger partial charge in [-0.2, -0.15) is 0 Å². The van der Waals surface area contributed by atoms with Gasteiger partial charge in [-0.3, -0.25) is 14.7 Å². The molecular weight excluding hydrogens is 309 g/mol. The van der Waals surface area contributed by atoms with Crippen LogP contribution in [-0.4, -0.2) is 60.0 Å². The summed E-state index contributed by atoms with van der Waals surface area (Å²) in [5.41, 5.74) is 0.679. The van der Waals surface area contributed by atoms with Crippen molar-refractivity contribution in [3.05, 3.63) is 60.2 Å². The lowest BCUT2D eigenvalue weighted by Gasteiger charge is -2.34. The molecule has 2 aromatic rings. The Kier molecular flexibility index (Phi) is 5.38. The molecule has 2 heterocycles. The van der Waals surface area contributed by atoms with Crippen molar-refractivity contribution in [2.24, 2.45) is 0 Å². The van der Waals surface area contributed by atoms with Gasteiger partial charge in [-0.1, -0.05) is 0 Å². The van der Waals surface area contributed by atoms with E-state index in [0.717, 1.165) is 19.6 Å². The molecule has 1 amide bonds. The standard InChI is InChI=1S/C18H20FN3O2/c19-16-1-3-17(4-2-16)24-14-13-21-9-11-22(12-10-21)18(23)15-5-7-20-8-6-15/h1-8H,9-14H2. The zero-order chi connectivity index (χ0) is 16.8. The van der Waals surface area contributed by atoms with Gasteiger partial charge in [0.2, 0.25) is 0 Å². The lowest BCUT2D eigenvalue weighted by Crippen LogP contribution is -2.49. The van der Waals surface area contributed by atoms with Gasteiger partial charge in [0, 0.05) is 50.7 Å². The highest BCUT2D eigenvalue weighted by Gasteiger charge is 2.21. The van der Waals surface area contributed by atoms with Crippen LogP contribution in [0.5, 0.6) is 5.75 Å². The summed E-state index contributed by atoms with van der Waals surface area (Å²) in [4.78, 5) is 20.4. The maximum absolute atomic E-state index is 12.8. The fraction of sp³-hybridized carbons (Fsp3) is 0.333. The van der Waals surface area contributed by atoms with Crippen molar-refractivity contribution in [3.63, 3.8) is 0 Å². The van der Waals surface area contributed by atoms with Crippen molar-refractivity contribution in [3.8, 4) is 5.75 Å². The predicted molar refractivity (Wildman–Crippen MR) is 88.5 cm³/mol. The number of halogens is 1. The highest BCUT2D eigenvalue weighted by molar-refractivity contribution is 5.94. The van der Waals surface area contributed by atoms with Crippen LogP contribution in [0.25, 0.3) is 0 Å². The second-order valence-corrected chi connectivity index (χ2v) is 5.67. The number of pyridine rings is 1. The molecule has 1 saturated heterocycles. The lowest BCUT2D eigenvalue weighted by molar-refractivity contribution is 0.0620. The Bertz CT molecular complexity index is 656. The van der Waals surface area contributed by atoms with Crippen LogP contribution in [0.15, 0.2) is 48.8 Å². The maximum atomic E-state index is 12.8. The van der Waals surface area contributed by atoms with Gasteiger partial charge in [0.25, 0.3) is 5.91 Å². The van der Waals surface area contributed by atoms with Gasteiger partial charge >= 0.3 is 0 Å². The molecule has 0 radical (unpaired) electrons. The van der Waals surface area contributed by atoms with Crippen LogP contribution in [0, 0.1) is 5.82 Å². The fourth-order valence-corrected chi connectivity index (χ4v) is 2.68. The molecule has 1 aliphatic heterocycles. The minimum atomic E-state index is -0.266. The maximum Gasteiger partial charge on any atom is 0.254 e. The summed E-state index contributed by atoms with van der Waals surface area (Å²) < 4.78 is 18.4. The van der Waals surface area contributed by atoms with Crippen molar-refractivity contribution in [1.29, 1.82) is 0 Å². The number of piperazine rings is 1. The van der Waals surface area contributed by atoms with Gasteiger partial charge in [0.05, 0.1) is 0 Å². The number of carbonyl (C=O) groups is 1. The van der Waals surface area contributed by atoms with Gasteiger partial charge in [-0.25, -0.2) is 4.39 Å². The molecule has 0 saturated carbocycles. The molecule has 5 nitrogen and oxygen atoms in total. The first-order valence-corrected chi connectivity index (χ1v) is 8.02. The van der Waals surface area contributed by atoms with E-state index in [4.69, 9.17) is 4.74 Å². The molecule has 1 aromatic carbocycles. The van der Waals surface area contributed by atoms with E-state index in [9.17, 15) is 9.18 Å². The van der Waals surface area contributed by atoms with Crippen LogP contribution in [0.4, 0.5) is 4.39 Å². The molecular formula is C18H20FN3O2. The average Bonchev–Trinajstić information content (AvgIpc) is 2.64.